The molecule has 0 unspecified atom stereocenters. The Hall–Kier alpha value is -2.16. The molecule has 0 amide bonds. The summed E-state index contributed by atoms with van der Waals surface area (Å²) < 4.78 is 5.05. The number of hydrogen-bond acceptors (Lipinski definition) is 6. The molecule has 0 aromatic heterocycles. The molecule has 0 atom stereocenters. The first-order valence-electron chi connectivity index (χ1n) is 7.30. The third-order valence-electron chi connectivity index (χ3n) is 2.58. The lowest BCUT2D eigenvalue weighted by Gasteiger charge is -2.10. The average molecular weight is 368 g/mol. The average Bonchev–Trinajstić information content (AvgIpc) is 2.46. The van der Waals surface area contributed by atoms with Crippen molar-refractivity contribution in [1.82, 2.24) is 5.32 Å². The van der Waals surface area contributed by atoms with Crippen molar-refractivity contribution in [1.29, 1.82) is 10.5 Å². The standard InChI is InChI=1S/C9H15N3S.C7H10N2OS/c1-6(2)5-12-7(3)8(4-10)9(11)13;1-3-10-5(2)6(4-8)7(9)11/h6,12H,5H2,1-3H3,(H2,11,13);3H2,1-2H3,(H2,9,11)/b8-7-;6-5-. The monoisotopic (exact) mass is 367 g/mol. The van der Waals surface area contributed by atoms with Gasteiger partial charge in [-0.1, -0.05) is 38.3 Å². The number of nitrogens with two attached hydrogens (primary N) is 2. The Balaban J connectivity index is 0. The summed E-state index contributed by atoms with van der Waals surface area (Å²) in [7, 11) is 0. The van der Waals surface area contributed by atoms with Gasteiger partial charge in [-0.05, 0) is 26.7 Å². The lowest BCUT2D eigenvalue weighted by Crippen LogP contribution is -2.22. The molecule has 132 valence electrons. The van der Waals surface area contributed by atoms with Gasteiger partial charge in [0.1, 0.15) is 39.0 Å². The van der Waals surface area contributed by atoms with Crippen LogP contribution in [0, 0.1) is 28.6 Å². The van der Waals surface area contributed by atoms with Gasteiger partial charge in [0, 0.05) is 12.2 Å². The number of ether oxygens (including phenoxy) is 1. The Morgan fingerprint density at radius 1 is 1.08 bits per heavy atom. The van der Waals surface area contributed by atoms with Crippen molar-refractivity contribution in [3.8, 4) is 12.1 Å². The van der Waals surface area contributed by atoms with Crippen LogP contribution in [-0.2, 0) is 4.74 Å². The number of rotatable bonds is 7. The maximum absolute atomic E-state index is 8.72. The van der Waals surface area contributed by atoms with Gasteiger partial charge in [0.2, 0.25) is 0 Å². The summed E-state index contributed by atoms with van der Waals surface area (Å²) in [5, 5.41) is 20.4. The summed E-state index contributed by atoms with van der Waals surface area (Å²) in [5.41, 5.74) is 12.0. The molecule has 0 aromatic carbocycles. The number of nitrogens with zero attached hydrogens (tertiary/aromatic N) is 2. The Kier molecular flexibility index (Phi) is 13.3. The van der Waals surface area contributed by atoms with Crippen LogP contribution < -0.4 is 16.8 Å². The van der Waals surface area contributed by atoms with E-state index in [1.54, 1.807) is 13.8 Å². The molecule has 6 nitrogen and oxygen atoms in total. The largest absolute Gasteiger partial charge is 0.497 e. The molecule has 0 radical (unpaired) electrons. The highest BCUT2D eigenvalue weighted by molar-refractivity contribution is 7.81. The van der Waals surface area contributed by atoms with E-state index in [0.29, 0.717) is 23.9 Å². The predicted octanol–water partition coefficient (Wildman–Crippen LogP) is 2.42. The van der Waals surface area contributed by atoms with E-state index in [1.165, 1.54) is 0 Å². The maximum atomic E-state index is 8.72. The number of nitrogens with one attached hydrogen (secondary N) is 1. The van der Waals surface area contributed by atoms with Gasteiger partial charge in [-0.3, -0.25) is 0 Å². The van der Waals surface area contributed by atoms with Crippen LogP contribution in [0.2, 0.25) is 0 Å². The maximum Gasteiger partial charge on any atom is 0.123 e. The summed E-state index contributed by atoms with van der Waals surface area (Å²) in [4.78, 5) is 0.231. The summed E-state index contributed by atoms with van der Waals surface area (Å²) in [6.07, 6.45) is 0. The Morgan fingerprint density at radius 2 is 1.54 bits per heavy atom. The van der Waals surface area contributed by atoms with E-state index in [9.17, 15) is 0 Å². The summed E-state index contributed by atoms with van der Waals surface area (Å²) in [5.74, 6) is 1.02. The van der Waals surface area contributed by atoms with Crippen molar-refractivity contribution in [3.63, 3.8) is 0 Å². The lowest BCUT2D eigenvalue weighted by molar-refractivity contribution is 0.230. The summed E-state index contributed by atoms with van der Waals surface area (Å²) in [6.45, 7) is 10.8. The van der Waals surface area contributed by atoms with E-state index in [4.69, 9.17) is 38.9 Å². The van der Waals surface area contributed by atoms with Crippen LogP contribution in [-0.4, -0.2) is 23.1 Å². The minimum atomic E-state index is 0.0819. The van der Waals surface area contributed by atoms with Gasteiger partial charge in [-0.25, -0.2) is 0 Å². The third kappa shape index (κ3) is 10.5. The first-order chi connectivity index (χ1) is 11.1. The molecular weight excluding hydrogens is 342 g/mol. The number of hydrogen-bond donors (Lipinski definition) is 3. The van der Waals surface area contributed by atoms with E-state index in [0.717, 1.165) is 12.2 Å². The Bertz CT molecular complexity index is 595. The lowest BCUT2D eigenvalue weighted by atomic mass is 10.2. The molecule has 0 aliphatic carbocycles. The molecule has 0 aliphatic heterocycles. The topological polar surface area (TPSA) is 121 Å². The summed E-state index contributed by atoms with van der Waals surface area (Å²) >= 11 is 9.35. The van der Waals surface area contributed by atoms with Gasteiger partial charge in [0.15, 0.2) is 0 Å². The highest BCUT2D eigenvalue weighted by Gasteiger charge is 2.05. The second-order valence-electron chi connectivity index (χ2n) is 5.09. The molecule has 0 aliphatic rings. The number of allylic oxidation sites excluding steroid dienone is 2. The van der Waals surface area contributed by atoms with Crippen molar-refractivity contribution < 1.29 is 4.74 Å². The zero-order valence-electron chi connectivity index (χ0n) is 14.8. The van der Waals surface area contributed by atoms with Gasteiger partial charge >= 0.3 is 0 Å². The van der Waals surface area contributed by atoms with Crippen molar-refractivity contribution in [2.75, 3.05) is 13.2 Å². The molecule has 0 spiro atoms. The van der Waals surface area contributed by atoms with Crippen LogP contribution in [0.3, 0.4) is 0 Å². The van der Waals surface area contributed by atoms with Gasteiger partial charge in [-0.15, -0.1) is 0 Å². The minimum absolute atomic E-state index is 0.0819. The molecule has 24 heavy (non-hydrogen) atoms. The van der Waals surface area contributed by atoms with Crippen LogP contribution in [0.4, 0.5) is 0 Å². The number of thiocarbonyl (C=S) groups is 2. The van der Waals surface area contributed by atoms with Crippen LogP contribution in [0.5, 0.6) is 0 Å². The Labute approximate surface area is 155 Å². The van der Waals surface area contributed by atoms with Gasteiger partial charge < -0.3 is 21.5 Å². The van der Waals surface area contributed by atoms with Crippen molar-refractivity contribution >= 4 is 34.4 Å². The third-order valence-corrected chi connectivity index (χ3v) is 2.99. The summed E-state index contributed by atoms with van der Waals surface area (Å²) in [6, 6.07) is 3.85. The molecule has 0 heterocycles. The van der Waals surface area contributed by atoms with E-state index < -0.39 is 0 Å². The second-order valence-corrected chi connectivity index (χ2v) is 5.97. The fourth-order valence-electron chi connectivity index (χ4n) is 1.37. The SMILES string of the molecule is C/C(NCC(C)C)=C(\C#N)C(N)=S.CCO/C(C)=C(/C#N)C(N)=S. The fraction of sp³-hybridized carbons (Fsp3) is 0.500. The normalized spacial score (nSPS) is 11.7. The minimum Gasteiger partial charge on any atom is -0.497 e. The van der Waals surface area contributed by atoms with Crippen LogP contribution in [0.25, 0.3) is 0 Å². The molecule has 0 saturated carbocycles. The van der Waals surface area contributed by atoms with E-state index >= 15 is 0 Å². The van der Waals surface area contributed by atoms with Gasteiger partial charge in [0.05, 0.1) is 6.61 Å². The van der Waals surface area contributed by atoms with Gasteiger partial charge in [0.25, 0.3) is 0 Å². The van der Waals surface area contributed by atoms with Crippen LogP contribution in [0.15, 0.2) is 22.6 Å². The smallest absolute Gasteiger partial charge is 0.123 e. The highest BCUT2D eigenvalue weighted by atomic mass is 32.1. The number of nitriles is 2. The van der Waals surface area contributed by atoms with E-state index in [1.807, 2.05) is 19.1 Å². The van der Waals surface area contributed by atoms with E-state index in [-0.39, 0.29) is 15.6 Å². The molecule has 0 aromatic rings. The highest BCUT2D eigenvalue weighted by Crippen LogP contribution is 2.04. The van der Waals surface area contributed by atoms with Crippen molar-refractivity contribution in [2.45, 2.75) is 34.6 Å². The van der Waals surface area contributed by atoms with Crippen molar-refractivity contribution in [2.24, 2.45) is 17.4 Å². The molecular formula is C16H25N5OS2. The molecule has 5 N–H and O–H groups in total. The quantitative estimate of drug-likeness (QED) is 0.271. The zero-order chi connectivity index (χ0) is 19.3. The molecule has 0 bridgehead atoms. The zero-order valence-corrected chi connectivity index (χ0v) is 16.4. The second kappa shape index (κ2) is 13.3. The van der Waals surface area contributed by atoms with Gasteiger partial charge in [-0.2, -0.15) is 10.5 Å². The predicted molar refractivity (Wildman–Crippen MR) is 105 cm³/mol. The van der Waals surface area contributed by atoms with Crippen LogP contribution >= 0.6 is 24.4 Å². The first kappa shape index (κ1) is 24.1. The molecule has 0 saturated heterocycles. The van der Waals surface area contributed by atoms with E-state index in [2.05, 4.69) is 31.4 Å². The van der Waals surface area contributed by atoms with Crippen LogP contribution in [0.1, 0.15) is 34.6 Å². The Morgan fingerprint density at radius 3 is 1.83 bits per heavy atom. The molecule has 0 rings (SSSR count). The van der Waals surface area contributed by atoms with Crippen molar-refractivity contribution in [3.05, 3.63) is 22.6 Å². The fourth-order valence-corrected chi connectivity index (χ4v) is 1.75. The molecule has 0 fully saturated rings. The first-order valence-corrected chi connectivity index (χ1v) is 8.12. The molecule has 8 heteroatoms.